The average Bonchev–Trinajstić information content (AvgIpc) is 2.26. The predicted octanol–water partition coefficient (Wildman–Crippen LogP) is 2.57. The molecule has 3 nitrogen and oxygen atoms in total. The molecule has 1 saturated carbocycles. The Morgan fingerprint density at radius 2 is 2.28 bits per heavy atom. The predicted molar refractivity (Wildman–Crippen MR) is 74.1 cm³/mol. The van der Waals surface area contributed by atoms with Gasteiger partial charge in [-0.1, -0.05) is 34.5 Å². The van der Waals surface area contributed by atoms with Crippen molar-refractivity contribution in [2.24, 2.45) is 5.92 Å². The number of carbonyl (C=O) groups is 1. The topological polar surface area (TPSA) is 49.3 Å². The van der Waals surface area contributed by atoms with Crippen LogP contribution < -0.4 is 5.32 Å². The Bertz CT molecular complexity index is 445. The lowest BCUT2D eigenvalue weighted by Gasteiger charge is -2.33. The number of rotatable bonds is 4. The number of carbonyl (C=O) groups excluding carboxylic acids is 1. The summed E-state index contributed by atoms with van der Waals surface area (Å²) in [6, 6.07) is 7.68. The number of aliphatic hydroxyl groups excluding tert-OH is 1. The third-order valence-electron chi connectivity index (χ3n) is 3.65. The van der Waals surface area contributed by atoms with Crippen LogP contribution >= 0.6 is 15.9 Å². The molecular formula is C14H18BrNO2. The SMILES string of the molecule is CC(CO)(NC(=O)C1CCC1)c1cccc(Br)c1. The Kier molecular flexibility index (Phi) is 4.07. The minimum absolute atomic E-state index is 0.0535. The second-order valence-electron chi connectivity index (χ2n) is 5.12. The number of amides is 1. The van der Waals surface area contributed by atoms with Crippen LogP contribution in [-0.4, -0.2) is 17.6 Å². The van der Waals surface area contributed by atoms with E-state index in [-0.39, 0.29) is 18.4 Å². The Labute approximate surface area is 116 Å². The van der Waals surface area contributed by atoms with Crippen LogP contribution in [0.1, 0.15) is 31.7 Å². The fourth-order valence-electron chi connectivity index (χ4n) is 2.08. The van der Waals surface area contributed by atoms with Crippen LogP contribution in [-0.2, 0) is 10.3 Å². The van der Waals surface area contributed by atoms with E-state index in [1.54, 1.807) is 0 Å². The van der Waals surface area contributed by atoms with Gasteiger partial charge >= 0.3 is 0 Å². The van der Waals surface area contributed by atoms with Crippen molar-refractivity contribution in [3.8, 4) is 0 Å². The molecule has 98 valence electrons. The molecule has 0 saturated heterocycles. The summed E-state index contributed by atoms with van der Waals surface area (Å²) in [6.07, 6.45) is 3.06. The normalized spacial score (nSPS) is 18.8. The van der Waals surface area contributed by atoms with Crippen molar-refractivity contribution >= 4 is 21.8 Å². The Hall–Kier alpha value is -0.870. The van der Waals surface area contributed by atoms with Crippen molar-refractivity contribution < 1.29 is 9.90 Å². The minimum Gasteiger partial charge on any atom is -0.394 e. The van der Waals surface area contributed by atoms with Crippen LogP contribution in [0.2, 0.25) is 0 Å². The van der Waals surface area contributed by atoms with Gasteiger partial charge in [0.05, 0.1) is 12.1 Å². The zero-order valence-corrected chi connectivity index (χ0v) is 12.0. The molecule has 2 rings (SSSR count). The number of halogens is 1. The summed E-state index contributed by atoms with van der Waals surface area (Å²) >= 11 is 3.41. The van der Waals surface area contributed by atoms with Gasteiger partial charge < -0.3 is 10.4 Å². The maximum Gasteiger partial charge on any atom is 0.223 e. The van der Waals surface area contributed by atoms with Crippen molar-refractivity contribution in [2.75, 3.05) is 6.61 Å². The monoisotopic (exact) mass is 311 g/mol. The lowest BCUT2D eigenvalue weighted by Crippen LogP contribution is -2.49. The summed E-state index contributed by atoms with van der Waals surface area (Å²) in [5, 5.41) is 12.6. The Morgan fingerprint density at radius 3 is 2.78 bits per heavy atom. The zero-order chi connectivity index (χ0) is 13.2. The quantitative estimate of drug-likeness (QED) is 0.898. The number of benzene rings is 1. The molecule has 4 heteroatoms. The largest absolute Gasteiger partial charge is 0.394 e. The second kappa shape index (κ2) is 5.41. The summed E-state index contributed by atoms with van der Waals surface area (Å²) in [7, 11) is 0. The maximum absolute atomic E-state index is 12.0. The molecule has 1 aromatic carbocycles. The van der Waals surface area contributed by atoms with Gasteiger partial charge in [-0.05, 0) is 37.5 Å². The Morgan fingerprint density at radius 1 is 1.56 bits per heavy atom. The van der Waals surface area contributed by atoms with E-state index in [2.05, 4.69) is 21.2 Å². The van der Waals surface area contributed by atoms with E-state index in [4.69, 9.17) is 0 Å². The van der Waals surface area contributed by atoms with E-state index in [1.807, 2.05) is 31.2 Å². The number of nitrogens with one attached hydrogen (secondary N) is 1. The van der Waals surface area contributed by atoms with Gasteiger partial charge in [0.2, 0.25) is 5.91 Å². The van der Waals surface area contributed by atoms with Crippen molar-refractivity contribution in [1.29, 1.82) is 0 Å². The van der Waals surface area contributed by atoms with Crippen LogP contribution in [0.3, 0.4) is 0 Å². The van der Waals surface area contributed by atoms with Gasteiger partial charge in [0.15, 0.2) is 0 Å². The van der Waals surface area contributed by atoms with Gasteiger partial charge in [0, 0.05) is 10.4 Å². The zero-order valence-electron chi connectivity index (χ0n) is 10.4. The first kappa shape index (κ1) is 13.6. The van der Waals surface area contributed by atoms with Gasteiger partial charge in [-0.3, -0.25) is 4.79 Å². The first-order valence-electron chi connectivity index (χ1n) is 6.24. The Balaban J connectivity index is 2.16. The highest BCUT2D eigenvalue weighted by Gasteiger charge is 2.33. The molecule has 1 fully saturated rings. The molecule has 1 aliphatic rings. The smallest absolute Gasteiger partial charge is 0.223 e. The third-order valence-corrected chi connectivity index (χ3v) is 4.15. The summed E-state index contributed by atoms with van der Waals surface area (Å²) in [5.74, 6) is 0.181. The van der Waals surface area contributed by atoms with Crippen molar-refractivity contribution in [3.05, 3.63) is 34.3 Å². The van der Waals surface area contributed by atoms with Crippen LogP contribution in [0.5, 0.6) is 0 Å². The van der Waals surface area contributed by atoms with Crippen molar-refractivity contribution in [3.63, 3.8) is 0 Å². The lowest BCUT2D eigenvalue weighted by atomic mass is 9.83. The first-order valence-corrected chi connectivity index (χ1v) is 7.03. The fourth-order valence-corrected chi connectivity index (χ4v) is 2.48. The summed E-state index contributed by atoms with van der Waals surface area (Å²) in [6.45, 7) is 1.74. The second-order valence-corrected chi connectivity index (χ2v) is 6.03. The summed E-state index contributed by atoms with van der Waals surface area (Å²) in [4.78, 5) is 12.0. The third kappa shape index (κ3) is 2.75. The standard InChI is InChI=1S/C14H18BrNO2/c1-14(9-17,11-6-3-7-12(15)8-11)16-13(18)10-4-2-5-10/h3,6-8,10,17H,2,4-5,9H2,1H3,(H,16,18). The van der Waals surface area contributed by atoms with Gasteiger partial charge in [-0.15, -0.1) is 0 Å². The maximum atomic E-state index is 12.0. The molecule has 1 aliphatic carbocycles. The molecule has 0 heterocycles. The molecule has 0 radical (unpaired) electrons. The van der Waals surface area contributed by atoms with Crippen molar-refractivity contribution in [1.82, 2.24) is 5.32 Å². The molecule has 0 aromatic heterocycles. The van der Waals surface area contributed by atoms with Gasteiger partial charge in [0.1, 0.15) is 0 Å². The van der Waals surface area contributed by atoms with Crippen LogP contribution in [0.25, 0.3) is 0 Å². The van der Waals surface area contributed by atoms with E-state index in [9.17, 15) is 9.90 Å². The summed E-state index contributed by atoms with van der Waals surface area (Å²) in [5.41, 5.74) is 0.197. The van der Waals surface area contributed by atoms with Gasteiger partial charge in [-0.2, -0.15) is 0 Å². The van der Waals surface area contributed by atoms with Crippen LogP contribution in [0.15, 0.2) is 28.7 Å². The number of aliphatic hydroxyl groups is 1. The first-order chi connectivity index (χ1) is 8.55. The van der Waals surface area contributed by atoms with E-state index < -0.39 is 5.54 Å². The highest BCUT2D eigenvalue weighted by Crippen LogP contribution is 2.29. The number of hydrogen-bond donors (Lipinski definition) is 2. The molecular weight excluding hydrogens is 294 g/mol. The minimum atomic E-state index is -0.712. The molecule has 0 spiro atoms. The van der Waals surface area contributed by atoms with E-state index in [1.165, 1.54) is 0 Å². The van der Waals surface area contributed by atoms with Gasteiger partial charge in [-0.25, -0.2) is 0 Å². The van der Waals surface area contributed by atoms with Gasteiger partial charge in [0.25, 0.3) is 0 Å². The molecule has 1 unspecified atom stereocenters. The van der Waals surface area contributed by atoms with Crippen LogP contribution in [0.4, 0.5) is 0 Å². The molecule has 0 aliphatic heterocycles. The van der Waals surface area contributed by atoms with Crippen LogP contribution in [0, 0.1) is 5.92 Å². The fraction of sp³-hybridized carbons (Fsp3) is 0.500. The van der Waals surface area contributed by atoms with E-state index in [0.717, 1.165) is 29.3 Å². The molecule has 2 N–H and O–H groups in total. The van der Waals surface area contributed by atoms with E-state index >= 15 is 0 Å². The molecule has 0 bridgehead atoms. The van der Waals surface area contributed by atoms with Crippen molar-refractivity contribution in [2.45, 2.75) is 31.7 Å². The average molecular weight is 312 g/mol. The molecule has 18 heavy (non-hydrogen) atoms. The molecule has 1 amide bonds. The highest BCUT2D eigenvalue weighted by molar-refractivity contribution is 9.10. The van der Waals surface area contributed by atoms with E-state index in [0.29, 0.717) is 0 Å². The molecule has 1 atom stereocenters. The highest BCUT2D eigenvalue weighted by atomic mass is 79.9. The number of hydrogen-bond acceptors (Lipinski definition) is 2. The summed E-state index contributed by atoms with van der Waals surface area (Å²) < 4.78 is 0.942. The lowest BCUT2D eigenvalue weighted by molar-refractivity contribution is -0.130. The molecule has 1 aromatic rings.